The Bertz CT molecular complexity index is 536. The molecule has 1 aromatic rings. The van der Waals surface area contributed by atoms with Crippen LogP contribution < -0.4 is 16.0 Å². The highest BCUT2D eigenvalue weighted by atomic mass is 79.9. The average molecular weight is 393 g/mol. The van der Waals surface area contributed by atoms with Crippen molar-refractivity contribution in [3.63, 3.8) is 0 Å². The van der Waals surface area contributed by atoms with Gasteiger partial charge in [0, 0.05) is 30.4 Å². The Kier molecular flexibility index (Phi) is 7.81. The van der Waals surface area contributed by atoms with E-state index in [0.29, 0.717) is 31.0 Å². The van der Waals surface area contributed by atoms with Crippen LogP contribution in [0.15, 0.2) is 22.7 Å². The van der Waals surface area contributed by atoms with Crippen LogP contribution in [0.2, 0.25) is 0 Å². The van der Waals surface area contributed by atoms with Crippen LogP contribution in [0.5, 0.6) is 0 Å². The third-order valence-electron chi connectivity index (χ3n) is 3.00. The molecule has 1 unspecified atom stereocenters. The van der Waals surface area contributed by atoms with Gasteiger partial charge in [0.05, 0.1) is 24.6 Å². The van der Waals surface area contributed by atoms with Crippen LogP contribution in [0.25, 0.3) is 0 Å². The summed E-state index contributed by atoms with van der Waals surface area (Å²) in [7, 11) is 0. The predicted molar refractivity (Wildman–Crippen MR) is 91.6 cm³/mol. The first kappa shape index (κ1) is 18.9. The number of carbonyl (C=O) groups is 2. The highest BCUT2D eigenvalue weighted by Crippen LogP contribution is 2.26. The van der Waals surface area contributed by atoms with Crippen molar-refractivity contribution < 1.29 is 14.3 Å². The second-order valence-corrected chi connectivity index (χ2v) is 5.77. The molecule has 1 atom stereocenters. The van der Waals surface area contributed by atoms with Crippen LogP contribution in [-0.4, -0.2) is 37.6 Å². The second-order valence-electron chi connectivity index (χ2n) is 4.85. The zero-order chi connectivity index (χ0) is 15.2. The molecule has 6 nitrogen and oxygen atoms in total. The Morgan fingerprint density at radius 1 is 1.36 bits per heavy atom. The quantitative estimate of drug-likeness (QED) is 0.733. The summed E-state index contributed by atoms with van der Waals surface area (Å²) in [5.74, 6) is -0.308. The van der Waals surface area contributed by atoms with E-state index >= 15 is 0 Å². The maximum absolute atomic E-state index is 12.1. The van der Waals surface area contributed by atoms with Crippen molar-refractivity contribution in [1.82, 2.24) is 5.32 Å². The Balaban J connectivity index is 0.00000242. The van der Waals surface area contributed by atoms with E-state index in [9.17, 15) is 9.59 Å². The van der Waals surface area contributed by atoms with E-state index < -0.39 is 0 Å². The number of benzene rings is 1. The zero-order valence-corrected chi connectivity index (χ0v) is 14.6. The van der Waals surface area contributed by atoms with Crippen molar-refractivity contribution in [3.8, 4) is 0 Å². The molecule has 8 heteroatoms. The minimum absolute atomic E-state index is 0. The van der Waals surface area contributed by atoms with Gasteiger partial charge in [0.25, 0.3) is 0 Å². The lowest BCUT2D eigenvalue weighted by Gasteiger charge is -2.23. The number of carbonyl (C=O) groups excluding carboxylic acids is 2. The number of hydrogen-bond donors (Lipinski definition) is 3. The fourth-order valence-corrected chi connectivity index (χ4v) is 2.46. The molecule has 0 spiro atoms. The molecule has 1 aliphatic heterocycles. The zero-order valence-electron chi connectivity index (χ0n) is 12.1. The lowest BCUT2D eigenvalue weighted by atomic mass is 10.2. The van der Waals surface area contributed by atoms with Crippen molar-refractivity contribution in [2.24, 2.45) is 0 Å². The van der Waals surface area contributed by atoms with Gasteiger partial charge in [-0.15, -0.1) is 12.4 Å². The summed E-state index contributed by atoms with van der Waals surface area (Å²) in [5, 5.41) is 8.75. The SMILES string of the molecule is CC(=O)Nc1ccc(Br)cc1NC(=O)CC1COCCN1.Cl. The molecule has 3 N–H and O–H groups in total. The Labute approximate surface area is 143 Å². The monoisotopic (exact) mass is 391 g/mol. The van der Waals surface area contributed by atoms with Gasteiger partial charge < -0.3 is 20.7 Å². The van der Waals surface area contributed by atoms with Crippen LogP contribution in [0.1, 0.15) is 13.3 Å². The first-order valence-corrected chi connectivity index (χ1v) is 7.52. The number of morpholine rings is 1. The maximum Gasteiger partial charge on any atom is 0.226 e. The van der Waals surface area contributed by atoms with E-state index in [-0.39, 0.29) is 30.3 Å². The van der Waals surface area contributed by atoms with Crippen molar-refractivity contribution in [2.75, 3.05) is 30.4 Å². The highest BCUT2D eigenvalue weighted by Gasteiger charge is 2.17. The van der Waals surface area contributed by atoms with Crippen molar-refractivity contribution in [3.05, 3.63) is 22.7 Å². The summed E-state index contributed by atoms with van der Waals surface area (Å²) in [6, 6.07) is 5.32. The molecule has 1 aromatic carbocycles. The van der Waals surface area contributed by atoms with Gasteiger partial charge in [-0.1, -0.05) is 15.9 Å². The number of nitrogens with one attached hydrogen (secondary N) is 3. The van der Waals surface area contributed by atoms with E-state index in [1.807, 2.05) is 0 Å². The van der Waals surface area contributed by atoms with Gasteiger partial charge in [-0.25, -0.2) is 0 Å². The molecule has 0 saturated carbocycles. The molecule has 0 aromatic heterocycles. The van der Waals surface area contributed by atoms with Crippen molar-refractivity contribution in [1.29, 1.82) is 0 Å². The van der Waals surface area contributed by atoms with Crippen LogP contribution >= 0.6 is 28.3 Å². The molecule has 0 bridgehead atoms. The molecular weight excluding hydrogens is 374 g/mol. The van der Waals surface area contributed by atoms with E-state index in [4.69, 9.17) is 4.74 Å². The fourth-order valence-electron chi connectivity index (χ4n) is 2.09. The first-order valence-electron chi connectivity index (χ1n) is 6.72. The molecule has 122 valence electrons. The van der Waals surface area contributed by atoms with Gasteiger partial charge in [0.2, 0.25) is 11.8 Å². The molecule has 0 radical (unpaired) electrons. The number of halogens is 2. The third-order valence-corrected chi connectivity index (χ3v) is 3.49. The van der Waals surface area contributed by atoms with Crippen LogP contribution in [0.3, 0.4) is 0 Å². The summed E-state index contributed by atoms with van der Waals surface area (Å²) < 4.78 is 6.15. The summed E-state index contributed by atoms with van der Waals surface area (Å²) in [4.78, 5) is 23.3. The fraction of sp³-hybridized carbons (Fsp3) is 0.429. The summed E-state index contributed by atoms with van der Waals surface area (Å²) in [6.07, 6.45) is 0.325. The molecule has 1 aliphatic rings. The molecule has 1 saturated heterocycles. The predicted octanol–water partition coefficient (Wildman–Crippen LogP) is 2.15. The van der Waals surface area contributed by atoms with Gasteiger partial charge in [0.15, 0.2) is 0 Å². The van der Waals surface area contributed by atoms with Crippen LogP contribution in [0.4, 0.5) is 11.4 Å². The van der Waals surface area contributed by atoms with Crippen LogP contribution in [-0.2, 0) is 14.3 Å². The lowest BCUT2D eigenvalue weighted by molar-refractivity contribution is -0.117. The summed E-state index contributed by atoms with van der Waals surface area (Å²) >= 11 is 3.35. The smallest absolute Gasteiger partial charge is 0.226 e. The van der Waals surface area contributed by atoms with E-state index in [1.54, 1.807) is 18.2 Å². The maximum atomic E-state index is 12.1. The normalized spacial score (nSPS) is 17.3. The third kappa shape index (κ3) is 5.92. The molecular formula is C14H19BrClN3O3. The number of rotatable bonds is 4. The minimum atomic E-state index is -0.185. The van der Waals surface area contributed by atoms with Gasteiger partial charge >= 0.3 is 0 Å². The summed E-state index contributed by atoms with van der Waals surface area (Å²) in [5.41, 5.74) is 1.15. The number of ether oxygens (including phenoxy) is 1. The molecule has 22 heavy (non-hydrogen) atoms. The number of hydrogen-bond acceptors (Lipinski definition) is 4. The van der Waals surface area contributed by atoms with Crippen molar-refractivity contribution >= 4 is 51.5 Å². The molecule has 1 fully saturated rings. The molecule has 2 rings (SSSR count). The minimum Gasteiger partial charge on any atom is -0.378 e. The van der Waals surface area contributed by atoms with Gasteiger partial charge in [-0.2, -0.15) is 0 Å². The Morgan fingerprint density at radius 3 is 2.77 bits per heavy atom. The molecule has 1 heterocycles. The van der Waals surface area contributed by atoms with E-state index in [2.05, 4.69) is 31.9 Å². The topological polar surface area (TPSA) is 79.5 Å². The summed E-state index contributed by atoms with van der Waals surface area (Å²) in [6.45, 7) is 3.39. The van der Waals surface area contributed by atoms with E-state index in [1.165, 1.54) is 6.92 Å². The van der Waals surface area contributed by atoms with Gasteiger partial charge in [-0.05, 0) is 18.2 Å². The molecule has 0 aliphatic carbocycles. The largest absolute Gasteiger partial charge is 0.378 e. The Hall–Kier alpha value is -1.15. The Morgan fingerprint density at radius 2 is 2.14 bits per heavy atom. The first-order chi connectivity index (χ1) is 10.0. The van der Waals surface area contributed by atoms with Crippen LogP contribution in [0, 0.1) is 0 Å². The number of anilines is 2. The lowest BCUT2D eigenvalue weighted by Crippen LogP contribution is -2.43. The number of amides is 2. The highest BCUT2D eigenvalue weighted by molar-refractivity contribution is 9.10. The van der Waals surface area contributed by atoms with Gasteiger partial charge in [0.1, 0.15) is 0 Å². The standard InChI is InChI=1S/C14H18BrN3O3.ClH/c1-9(19)17-12-3-2-10(15)6-13(12)18-14(20)7-11-8-21-5-4-16-11;/h2-3,6,11,16H,4-5,7-8H2,1H3,(H,17,19)(H,18,20);1H. The van der Waals surface area contributed by atoms with E-state index in [0.717, 1.165) is 11.0 Å². The molecule has 2 amide bonds. The second kappa shape index (κ2) is 9.09. The van der Waals surface area contributed by atoms with Gasteiger partial charge in [-0.3, -0.25) is 9.59 Å². The average Bonchev–Trinajstić information content (AvgIpc) is 2.42. The van der Waals surface area contributed by atoms with Crippen molar-refractivity contribution in [2.45, 2.75) is 19.4 Å².